The fraction of sp³-hybridized carbons (Fsp3) is 0.111. The van der Waals surface area contributed by atoms with Gasteiger partial charge in [0.25, 0.3) is 0 Å². The number of carbonyl (C=O) groups excluding carboxylic acids is 1. The quantitative estimate of drug-likeness (QED) is 0.716. The lowest BCUT2D eigenvalue weighted by Gasteiger charge is -2.05. The monoisotopic (exact) mass is 337 g/mol. The SMILES string of the molecule is O=C(NCC#CCOc1cccc2cccnc12)Nc1cccs1. The molecule has 0 spiro atoms. The molecule has 0 saturated heterocycles. The van der Waals surface area contributed by atoms with Gasteiger partial charge in [-0.25, -0.2) is 4.79 Å². The van der Waals surface area contributed by atoms with Crippen molar-refractivity contribution in [2.24, 2.45) is 0 Å². The van der Waals surface area contributed by atoms with Gasteiger partial charge in [-0.05, 0) is 29.6 Å². The molecular formula is C18H15N3O2S. The minimum Gasteiger partial charge on any atom is -0.479 e. The van der Waals surface area contributed by atoms with Crippen LogP contribution >= 0.6 is 11.3 Å². The second-order valence-electron chi connectivity index (χ2n) is 4.76. The van der Waals surface area contributed by atoms with Gasteiger partial charge < -0.3 is 10.1 Å². The molecular weight excluding hydrogens is 322 g/mol. The van der Waals surface area contributed by atoms with E-state index in [4.69, 9.17) is 4.74 Å². The summed E-state index contributed by atoms with van der Waals surface area (Å²) in [5.74, 6) is 6.42. The molecule has 120 valence electrons. The fourth-order valence-electron chi connectivity index (χ4n) is 2.05. The molecule has 0 saturated carbocycles. The maximum atomic E-state index is 11.6. The molecule has 0 unspecified atom stereocenters. The molecule has 0 bridgehead atoms. The van der Waals surface area contributed by atoms with Crippen LogP contribution < -0.4 is 15.4 Å². The van der Waals surface area contributed by atoms with Crippen LogP contribution in [0.1, 0.15) is 0 Å². The van der Waals surface area contributed by atoms with Crippen LogP contribution in [0.5, 0.6) is 5.75 Å². The molecule has 0 atom stereocenters. The topological polar surface area (TPSA) is 63.2 Å². The molecule has 2 amide bonds. The molecule has 24 heavy (non-hydrogen) atoms. The third-order valence-electron chi connectivity index (χ3n) is 3.12. The number of carbonyl (C=O) groups is 1. The number of thiophene rings is 1. The van der Waals surface area contributed by atoms with Gasteiger partial charge in [0.2, 0.25) is 0 Å². The molecule has 2 N–H and O–H groups in total. The summed E-state index contributed by atoms with van der Waals surface area (Å²) in [5, 5.41) is 9.10. The van der Waals surface area contributed by atoms with Crippen molar-refractivity contribution in [3.8, 4) is 17.6 Å². The number of nitrogens with zero attached hydrogens (tertiary/aromatic N) is 1. The van der Waals surface area contributed by atoms with Crippen molar-refractivity contribution in [1.29, 1.82) is 0 Å². The van der Waals surface area contributed by atoms with Gasteiger partial charge in [0, 0.05) is 11.6 Å². The molecule has 2 aromatic heterocycles. The van der Waals surface area contributed by atoms with Crippen molar-refractivity contribution in [2.75, 3.05) is 18.5 Å². The Labute approximate surface area is 143 Å². The molecule has 6 heteroatoms. The van der Waals surface area contributed by atoms with Crippen LogP contribution in [0, 0.1) is 11.8 Å². The molecule has 0 aliphatic heterocycles. The van der Waals surface area contributed by atoms with Gasteiger partial charge in [-0.15, -0.1) is 11.3 Å². The Bertz CT molecular complexity index is 877. The molecule has 3 aromatic rings. The van der Waals surface area contributed by atoms with Crippen molar-refractivity contribution in [3.05, 3.63) is 54.0 Å². The lowest BCUT2D eigenvalue weighted by atomic mass is 10.2. The van der Waals surface area contributed by atoms with Crippen LogP contribution in [0.3, 0.4) is 0 Å². The first-order valence-electron chi connectivity index (χ1n) is 7.33. The Morgan fingerprint density at radius 1 is 1.17 bits per heavy atom. The highest BCUT2D eigenvalue weighted by Gasteiger charge is 2.01. The molecule has 2 heterocycles. The minimum atomic E-state index is -0.272. The normalized spacial score (nSPS) is 9.83. The van der Waals surface area contributed by atoms with Gasteiger partial charge in [0.15, 0.2) is 0 Å². The lowest BCUT2D eigenvalue weighted by Crippen LogP contribution is -2.28. The van der Waals surface area contributed by atoms with Gasteiger partial charge in [0.1, 0.15) is 17.9 Å². The molecule has 0 aliphatic rings. The standard InChI is InChI=1S/C18H15N3O2S/c22-18(21-16-9-5-13-24-16)20-10-1-2-12-23-15-8-3-6-14-7-4-11-19-17(14)15/h3-9,11,13H,10,12H2,(H2,20,21,22). The molecule has 0 fully saturated rings. The zero-order valence-electron chi connectivity index (χ0n) is 12.8. The second kappa shape index (κ2) is 7.99. The van der Waals surface area contributed by atoms with Crippen LogP contribution in [0.15, 0.2) is 54.0 Å². The van der Waals surface area contributed by atoms with Crippen molar-refractivity contribution in [1.82, 2.24) is 10.3 Å². The molecule has 0 radical (unpaired) electrons. The van der Waals surface area contributed by atoms with Gasteiger partial charge in [-0.3, -0.25) is 10.3 Å². The van der Waals surface area contributed by atoms with Crippen molar-refractivity contribution < 1.29 is 9.53 Å². The lowest BCUT2D eigenvalue weighted by molar-refractivity contribution is 0.253. The summed E-state index contributed by atoms with van der Waals surface area (Å²) in [4.78, 5) is 15.9. The predicted octanol–water partition coefficient (Wildman–Crippen LogP) is 3.50. The summed E-state index contributed by atoms with van der Waals surface area (Å²) < 4.78 is 5.65. The van der Waals surface area contributed by atoms with Crippen molar-refractivity contribution in [3.63, 3.8) is 0 Å². The van der Waals surface area contributed by atoms with E-state index in [1.54, 1.807) is 6.20 Å². The number of urea groups is 1. The van der Waals surface area contributed by atoms with Crippen LogP contribution in [-0.4, -0.2) is 24.2 Å². The number of benzene rings is 1. The number of amides is 2. The Hall–Kier alpha value is -3.04. The smallest absolute Gasteiger partial charge is 0.320 e. The zero-order chi connectivity index (χ0) is 16.6. The second-order valence-corrected chi connectivity index (χ2v) is 5.71. The molecule has 1 aromatic carbocycles. The fourth-order valence-corrected chi connectivity index (χ4v) is 2.66. The number of anilines is 1. The van der Waals surface area contributed by atoms with Crippen molar-refractivity contribution >= 4 is 33.3 Å². The highest BCUT2D eigenvalue weighted by molar-refractivity contribution is 7.14. The summed E-state index contributed by atoms with van der Waals surface area (Å²) in [6.07, 6.45) is 1.73. The number of ether oxygens (including phenoxy) is 1. The maximum absolute atomic E-state index is 11.6. The summed E-state index contributed by atoms with van der Waals surface area (Å²) >= 11 is 1.46. The Morgan fingerprint density at radius 2 is 2.08 bits per heavy atom. The van der Waals surface area contributed by atoms with Gasteiger partial charge in [-0.1, -0.05) is 30.0 Å². The third-order valence-corrected chi connectivity index (χ3v) is 3.90. The van der Waals surface area contributed by atoms with Gasteiger partial charge in [0.05, 0.1) is 11.5 Å². The average Bonchev–Trinajstić information content (AvgIpc) is 3.11. The van der Waals surface area contributed by atoms with E-state index in [1.165, 1.54) is 11.3 Å². The molecule has 0 aliphatic carbocycles. The highest BCUT2D eigenvalue weighted by Crippen LogP contribution is 2.22. The van der Waals surface area contributed by atoms with Crippen LogP contribution in [0.25, 0.3) is 10.9 Å². The van der Waals surface area contributed by atoms with E-state index in [2.05, 4.69) is 27.5 Å². The Balaban J connectivity index is 1.45. The summed E-state index contributed by atoms with van der Waals surface area (Å²) in [6.45, 7) is 0.498. The van der Waals surface area contributed by atoms with E-state index in [-0.39, 0.29) is 19.2 Å². The summed E-state index contributed by atoms with van der Waals surface area (Å²) in [5.41, 5.74) is 0.815. The number of hydrogen-bond acceptors (Lipinski definition) is 4. The van der Waals surface area contributed by atoms with E-state index in [9.17, 15) is 4.79 Å². The zero-order valence-corrected chi connectivity index (χ0v) is 13.6. The van der Waals surface area contributed by atoms with Crippen LogP contribution in [0.4, 0.5) is 9.80 Å². The third kappa shape index (κ3) is 4.24. The number of pyridine rings is 1. The van der Waals surface area contributed by atoms with E-state index in [0.717, 1.165) is 15.9 Å². The largest absolute Gasteiger partial charge is 0.479 e. The van der Waals surface area contributed by atoms with E-state index in [1.807, 2.05) is 47.8 Å². The molecule has 5 nitrogen and oxygen atoms in total. The number of fused-ring (bicyclic) bond motifs is 1. The van der Waals surface area contributed by atoms with E-state index < -0.39 is 0 Å². The first kappa shape index (κ1) is 15.8. The summed E-state index contributed by atoms with van der Waals surface area (Å²) in [6, 6.07) is 13.1. The van der Waals surface area contributed by atoms with Crippen molar-refractivity contribution in [2.45, 2.75) is 0 Å². The average molecular weight is 337 g/mol. The first-order valence-corrected chi connectivity index (χ1v) is 8.21. The predicted molar refractivity (Wildman–Crippen MR) is 96.4 cm³/mol. The van der Waals surface area contributed by atoms with Crippen LogP contribution in [-0.2, 0) is 0 Å². The van der Waals surface area contributed by atoms with Gasteiger partial charge in [-0.2, -0.15) is 0 Å². The summed E-state index contributed by atoms with van der Waals surface area (Å²) in [7, 11) is 0. The van der Waals surface area contributed by atoms with E-state index in [0.29, 0.717) is 5.75 Å². The Morgan fingerprint density at radius 3 is 2.96 bits per heavy atom. The van der Waals surface area contributed by atoms with Crippen LogP contribution in [0.2, 0.25) is 0 Å². The number of rotatable bonds is 4. The number of nitrogens with one attached hydrogen (secondary N) is 2. The maximum Gasteiger partial charge on any atom is 0.320 e. The highest BCUT2D eigenvalue weighted by atomic mass is 32.1. The Kier molecular flexibility index (Phi) is 5.28. The van der Waals surface area contributed by atoms with Gasteiger partial charge >= 0.3 is 6.03 Å². The first-order chi connectivity index (χ1) is 11.8. The number of hydrogen-bond donors (Lipinski definition) is 2. The van der Waals surface area contributed by atoms with E-state index >= 15 is 0 Å². The number of aromatic nitrogens is 1. The number of para-hydroxylation sites is 1. The molecule has 3 rings (SSSR count). The minimum absolute atomic E-state index is 0.240.